The molecule has 0 saturated heterocycles. The van der Waals surface area contributed by atoms with E-state index in [1.807, 2.05) is 46.8 Å². The standard InChI is InChI=1S/C28H29ClF4N2/c1-14-10-17(11-21(29)15(14)2)24(28(4,5)6)16(3)35-18-12-20(25(32)23(31)13-18)19-8-9-22(30)27(34-7)26(19)33/h8-13,24,34-35H,3H2,1-2,4-7H3/t24-/m1/s1. The first-order valence-corrected chi connectivity index (χ1v) is 11.5. The second-order valence-corrected chi connectivity index (χ2v) is 10.2. The summed E-state index contributed by atoms with van der Waals surface area (Å²) in [4.78, 5) is 0. The van der Waals surface area contributed by atoms with E-state index in [1.165, 1.54) is 13.1 Å². The van der Waals surface area contributed by atoms with Gasteiger partial charge >= 0.3 is 0 Å². The number of nitrogens with one attached hydrogen (secondary N) is 2. The fraction of sp³-hybridized carbons (Fsp3) is 0.286. The molecule has 0 unspecified atom stereocenters. The van der Waals surface area contributed by atoms with Gasteiger partial charge in [-0.15, -0.1) is 0 Å². The molecule has 3 aromatic carbocycles. The molecule has 0 aliphatic carbocycles. The van der Waals surface area contributed by atoms with Crippen LogP contribution in [0.3, 0.4) is 0 Å². The smallest absolute Gasteiger partial charge is 0.166 e. The third-order valence-corrected chi connectivity index (χ3v) is 6.53. The van der Waals surface area contributed by atoms with Gasteiger partial charge in [-0.2, -0.15) is 0 Å². The van der Waals surface area contributed by atoms with Crippen LogP contribution in [0, 0.1) is 42.5 Å². The number of aryl methyl sites for hydroxylation is 1. The van der Waals surface area contributed by atoms with E-state index in [4.69, 9.17) is 11.6 Å². The maximum atomic E-state index is 14.9. The average molecular weight is 505 g/mol. The van der Waals surface area contributed by atoms with Crippen molar-refractivity contribution in [3.8, 4) is 11.1 Å². The minimum absolute atomic E-state index is 0.183. The lowest BCUT2D eigenvalue weighted by Gasteiger charge is -2.34. The summed E-state index contributed by atoms with van der Waals surface area (Å²) in [6.07, 6.45) is 0. The summed E-state index contributed by atoms with van der Waals surface area (Å²) in [6, 6.07) is 8.27. The van der Waals surface area contributed by atoms with Gasteiger partial charge in [0.1, 0.15) is 11.5 Å². The van der Waals surface area contributed by atoms with Crippen LogP contribution in [0.1, 0.15) is 43.4 Å². The summed E-state index contributed by atoms with van der Waals surface area (Å²) >= 11 is 6.45. The predicted molar refractivity (Wildman–Crippen MR) is 137 cm³/mol. The molecule has 2 nitrogen and oxygen atoms in total. The largest absolute Gasteiger partial charge is 0.383 e. The molecule has 0 bridgehead atoms. The second-order valence-electron chi connectivity index (χ2n) is 9.75. The van der Waals surface area contributed by atoms with E-state index in [1.54, 1.807) is 0 Å². The summed E-state index contributed by atoms with van der Waals surface area (Å²) in [6.45, 7) is 14.2. The normalized spacial score (nSPS) is 12.4. The highest BCUT2D eigenvalue weighted by molar-refractivity contribution is 6.31. The average Bonchev–Trinajstić information content (AvgIpc) is 2.74. The minimum Gasteiger partial charge on any atom is -0.383 e. The molecule has 0 saturated carbocycles. The zero-order valence-corrected chi connectivity index (χ0v) is 21.4. The van der Waals surface area contributed by atoms with Crippen LogP contribution in [0.4, 0.5) is 28.9 Å². The maximum Gasteiger partial charge on any atom is 0.166 e. The molecule has 186 valence electrons. The number of hydrogen-bond donors (Lipinski definition) is 2. The number of hydrogen-bond acceptors (Lipinski definition) is 2. The van der Waals surface area contributed by atoms with Gasteiger partial charge in [0.15, 0.2) is 17.5 Å². The summed E-state index contributed by atoms with van der Waals surface area (Å²) in [5.41, 5.74) is 2.31. The molecule has 0 aliphatic rings. The molecule has 1 atom stereocenters. The van der Waals surface area contributed by atoms with E-state index in [-0.39, 0.29) is 28.1 Å². The van der Waals surface area contributed by atoms with Gasteiger partial charge in [-0.3, -0.25) is 0 Å². The quantitative estimate of drug-likeness (QED) is 0.327. The van der Waals surface area contributed by atoms with Gasteiger partial charge in [0, 0.05) is 46.6 Å². The topological polar surface area (TPSA) is 24.1 Å². The molecule has 3 rings (SSSR count). The van der Waals surface area contributed by atoms with Gasteiger partial charge in [0.2, 0.25) is 0 Å². The molecule has 7 heteroatoms. The van der Waals surface area contributed by atoms with Crippen LogP contribution in [0.5, 0.6) is 0 Å². The van der Waals surface area contributed by atoms with Crippen molar-refractivity contribution in [3.63, 3.8) is 0 Å². The first-order chi connectivity index (χ1) is 16.3. The summed E-state index contributed by atoms with van der Waals surface area (Å²) in [5.74, 6) is -4.50. The van der Waals surface area contributed by atoms with Crippen molar-refractivity contribution in [3.05, 3.63) is 93.7 Å². The second kappa shape index (κ2) is 9.94. The van der Waals surface area contributed by atoms with E-state index in [0.29, 0.717) is 10.7 Å². The number of rotatable bonds is 6. The van der Waals surface area contributed by atoms with Crippen LogP contribution in [0.25, 0.3) is 11.1 Å². The van der Waals surface area contributed by atoms with Gasteiger partial charge in [0.25, 0.3) is 0 Å². The van der Waals surface area contributed by atoms with Crippen molar-refractivity contribution in [2.75, 3.05) is 17.7 Å². The van der Waals surface area contributed by atoms with Gasteiger partial charge in [0.05, 0.1) is 0 Å². The number of benzene rings is 3. The predicted octanol–water partition coefficient (Wildman–Crippen LogP) is 8.98. The molecule has 0 aliphatic heterocycles. The minimum atomic E-state index is -1.23. The van der Waals surface area contributed by atoms with E-state index in [2.05, 4.69) is 17.2 Å². The molecule has 3 aromatic rings. The van der Waals surface area contributed by atoms with E-state index >= 15 is 0 Å². The summed E-state index contributed by atoms with van der Waals surface area (Å²) in [5, 5.41) is 6.12. The first kappa shape index (κ1) is 26.6. The molecule has 0 radical (unpaired) electrons. The van der Waals surface area contributed by atoms with Gasteiger partial charge in [-0.25, -0.2) is 17.6 Å². The van der Waals surface area contributed by atoms with E-state index < -0.39 is 29.0 Å². The molecule has 0 aromatic heterocycles. The van der Waals surface area contributed by atoms with Gasteiger partial charge < -0.3 is 10.6 Å². The lowest BCUT2D eigenvalue weighted by Crippen LogP contribution is -2.24. The van der Waals surface area contributed by atoms with Crippen molar-refractivity contribution < 1.29 is 17.6 Å². The molecule has 0 fully saturated rings. The highest BCUT2D eigenvalue weighted by atomic mass is 35.5. The molecule has 2 N–H and O–H groups in total. The molecule has 0 heterocycles. The Labute approximate surface area is 209 Å². The monoisotopic (exact) mass is 504 g/mol. The van der Waals surface area contributed by atoms with Crippen molar-refractivity contribution in [2.45, 2.75) is 40.5 Å². The fourth-order valence-corrected chi connectivity index (χ4v) is 4.61. The lowest BCUT2D eigenvalue weighted by atomic mass is 9.74. The Balaban J connectivity index is 2.07. The SMILES string of the molecule is C=C(Nc1cc(F)c(F)c(-c2ccc(F)c(NC)c2F)c1)[C@H](c1cc(C)c(C)c(Cl)c1)C(C)(C)C. The molecule has 0 amide bonds. The molecule has 35 heavy (non-hydrogen) atoms. The number of anilines is 2. The maximum absolute atomic E-state index is 14.9. The lowest BCUT2D eigenvalue weighted by molar-refractivity contribution is 0.355. The van der Waals surface area contributed by atoms with Crippen LogP contribution in [-0.4, -0.2) is 7.05 Å². The van der Waals surface area contributed by atoms with Gasteiger partial charge in [-0.05, 0) is 60.2 Å². The Morgan fingerprint density at radius 1 is 0.914 bits per heavy atom. The number of halogens is 5. The van der Waals surface area contributed by atoms with Crippen LogP contribution >= 0.6 is 11.6 Å². The van der Waals surface area contributed by atoms with Crippen molar-refractivity contribution in [1.29, 1.82) is 0 Å². The third kappa shape index (κ3) is 5.32. The Morgan fingerprint density at radius 2 is 1.57 bits per heavy atom. The van der Waals surface area contributed by atoms with E-state index in [9.17, 15) is 17.6 Å². The van der Waals surface area contributed by atoms with Crippen molar-refractivity contribution >= 4 is 23.0 Å². The molecule has 0 spiro atoms. The Morgan fingerprint density at radius 3 is 2.14 bits per heavy atom. The highest BCUT2D eigenvalue weighted by Gasteiger charge is 2.30. The van der Waals surface area contributed by atoms with Crippen LogP contribution in [0.2, 0.25) is 5.02 Å². The fourth-order valence-electron chi connectivity index (χ4n) is 4.34. The Hall–Kier alpha value is -2.99. The van der Waals surface area contributed by atoms with E-state index in [0.717, 1.165) is 34.9 Å². The van der Waals surface area contributed by atoms with Crippen molar-refractivity contribution in [2.24, 2.45) is 5.41 Å². The summed E-state index contributed by atoms with van der Waals surface area (Å²) < 4.78 is 58.2. The number of allylic oxidation sites excluding steroid dienone is 1. The Bertz CT molecular complexity index is 1270. The zero-order chi connectivity index (χ0) is 26.2. The van der Waals surface area contributed by atoms with Crippen LogP contribution < -0.4 is 10.6 Å². The van der Waals surface area contributed by atoms with Crippen LogP contribution in [-0.2, 0) is 0 Å². The van der Waals surface area contributed by atoms with Crippen LogP contribution in [0.15, 0.2) is 48.7 Å². The zero-order valence-electron chi connectivity index (χ0n) is 20.6. The van der Waals surface area contributed by atoms with Gasteiger partial charge in [-0.1, -0.05) is 45.0 Å². The van der Waals surface area contributed by atoms with Crippen molar-refractivity contribution in [1.82, 2.24) is 0 Å². The third-order valence-electron chi connectivity index (χ3n) is 6.14. The molecular weight excluding hydrogens is 476 g/mol. The molecular formula is C28H29ClF4N2. The highest BCUT2D eigenvalue weighted by Crippen LogP contribution is 2.42. The first-order valence-electron chi connectivity index (χ1n) is 11.1. The summed E-state index contributed by atoms with van der Waals surface area (Å²) in [7, 11) is 1.34. The Kier molecular flexibility index (Phi) is 7.56.